The van der Waals surface area contributed by atoms with Crippen LogP contribution in [0, 0.1) is 19.8 Å². The van der Waals surface area contributed by atoms with Crippen LogP contribution >= 0.6 is 0 Å². The number of Topliss-reactive ketones (excluding diaryl/α,β-unsaturated/α-hetero) is 2. The van der Waals surface area contributed by atoms with Crippen molar-refractivity contribution in [2.24, 2.45) is 5.92 Å². The number of likely N-dealkylation sites (N-methyl/N-ethyl adjacent to an activating group) is 1. The van der Waals surface area contributed by atoms with E-state index in [1.165, 1.54) is 11.1 Å². The van der Waals surface area contributed by atoms with Gasteiger partial charge in [0.05, 0.1) is 19.2 Å². The molecule has 216 valence electrons. The minimum atomic E-state index is -0.513. The molecular formula is C33H45N3O4. The van der Waals surface area contributed by atoms with Gasteiger partial charge in [-0.2, -0.15) is 0 Å². The first kappa shape index (κ1) is 28.7. The molecule has 1 aromatic carbocycles. The number of hydrogen-bond acceptors (Lipinski definition) is 6. The van der Waals surface area contributed by atoms with Crippen LogP contribution in [0.25, 0.3) is 0 Å². The number of ketones is 2. The number of piperazine rings is 1. The summed E-state index contributed by atoms with van der Waals surface area (Å²) >= 11 is 0. The number of carbonyl (C=O) groups is 3. The van der Waals surface area contributed by atoms with E-state index in [2.05, 4.69) is 62.8 Å². The fourth-order valence-corrected chi connectivity index (χ4v) is 8.43. The van der Waals surface area contributed by atoms with E-state index < -0.39 is 11.6 Å². The third kappa shape index (κ3) is 3.66. The zero-order chi connectivity index (χ0) is 29.6. The van der Waals surface area contributed by atoms with Gasteiger partial charge in [0, 0.05) is 51.9 Å². The number of fused-ring (bicyclic) bond motifs is 6. The quantitative estimate of drug-likeness (QED) is 0.564. The SMILES string of the molecule is COc1c(C)cc2c(c1C)[C@H]1N(C)[C@@](C)(C2)C(C)N2[C@@H](CNC(=O)C(C)C)C3=C(CC12C)C(=O)C(C)=C(C)C3=O. The topological polar surface area (TPSA) is 79.0 Å². The summed E-state index contributed by atoms with van der Waals surface area (Å²) in [6.45, 7) is 18.6. The van der Waals surface area contributed by atoms with Gasteiger partial charge in [0.1, 0.15) is 5.75 Å². The minimum Gasteiger partial charge on any atom is -0.496 e. The molecule has 3 heterocycles. The van der Waals surface area contributed by atoms with Crippen molar-refractivity contribution in [3.63, 3.8) is 0 Å². The Kier molecular flexibility index (Phi) is 6.74. The van der Waals surface area contributed by atoms with Gasteiger partial charge in [-0.25, -0.2) is 0 Å². The Morgan fingerprint density at radius 1 is 1.07 bits per heavy atom. The second kappa shape index (κ2) is 9.38. The summed E-state index contributed by atoms with van der Waals surface area (Å²) < 4.78 is 5.89. The number of allylic oxidation sites excluding steroid dienone is 2. The average molecular weight is 548 g/mol. The standard InChI is InChI=1S/C33H45N3O4/c1-16(2)31(39)34-15-24-26-23(27(37)18(4)19(5)28(26)38)14-33(9)30-25-20(6)29(40-11)17(3)12-22(25)13-32(8,35(30)10)21(7)36(24)33/h12,16,21,24,30H,13-15H2,1-11H3,(H,34,39)/t21?,24-,30+,32-,33?/m0/s1. The number of nitrogens with one attached hydrogen (secondary N) is 1. The molecule has 1 fully saturated rings. The van der Waals surface area contributed by atoms with Gasteiger partial charge in [0.2, 0.25) is 5.91 Å². The molecule has 7 heteroatoms. The maximum atomic E-state index is 13.9. The Morgan fingerprint density at radius 2 is 1.70 bits per heavy atom. The summed E-state index contributed by atoms with van der Waals surface area (Å²) in [6.07, 6.45) is 1.33. The monoisotopic (exact) mass is 547 g/mol. The summed E-state index contributed by atoms with van der Waals surface area (Å²) in [5.41, 5.74) is 6.35. The van der Waals surface area contributed by atoms with Crippen LogP contribution in [0.15, 0.2) is 28.4 Å². The highest BCUT2D eigenvalue weighted by Crippen LogP contribution is 2.59. The Hall–Kier alpha value is -2.77. The highest BCUT2D eigenvalue weighted by Gasteiger charge is 2.64. The summed E-state index contributed by atoms with van der Waals surface area (Å²) in [6, 6.07) is 1.87. The first-order valence-electron chi connectivity index (χ1n) is 14.6. The van der Waals surface area contributed by atoms with Crippen molar-refractivity contribution in [1.82, 2.24) is 15.1 Å². The molecule has 0 aromatic heterocycles. The summed E-state index contributed by atoms with van der Waals surface area (Å²) in [7, 11) is 3.94. The maximum Gasteiger partial charge on any atom is 0.222 e. The number of carbonyl (C=O) groups excluding carboxylic acids is 3. The van der Waals surface area contributed by atoms with E-state index in [4.69, 9.17) is 4.74 Å². The number of benzene rings is 1. The molecular weight excluding hydrogens is 502 g/mol. The molecule has 3 aliphatic heterocycles. The van der Waals surface area contributed by atoms with Crippen LogP contribution in [0.1, 0.15) is 83.2 Å². The fraction of sp³-hybridized carbons (Fsp3) is 0.606. The van der Waals surface area contributed by atoms with Crippen molar-refractivity contribution >= 4 is 17.5 Å². The Morgan fingerprint density at radius 3 is 2.30 bits per heavy atom. The predicted molar refractivity (Wildman–Crippen MR) is 156 cm³/mol. The largest absolute Gasteiger partial charge is 0.496 e. The molecule has 2 unspecified atom stereocenters. The van der Waals surface area contributed by atoms with Crippen LogP contribution in [0.2, 0.25) is 0 Å². The van der Waals surface area contributed by atoms with Crippen molar-refractivity contribution < 1.29 is 19.1 Å². The average Bonchev–Trinajstić information content (AvgIpc) is 2.89. The normalized spacial score (nSPS) is 32.2. The zero-order valence-electron chi connectivity index (χ0n) is 26.0. The van der Waals surface area contributed by atoms with Crippen LogP contribution in [-0.4, -0.2) is 71.1 Å². The van der Waals surface area contributed by atoms with Crippen molar-refractivity contribution in [2.75, 3.05) is 20.7 Å². The predicted octanol–water partition coefficient (Wildman–Crippen LogP) is 4.39. The highest BCUT2D eigenvalue weighted by molar-refractivity contribution is 6.25. The molecule has 0 saturated carbocycles. The lowest BCUT2D eigenvalue weighted by Gasteiger charge is -2.70. The molecule has 5 atom stereocenters. The van der Waals surface area contributed by atoms with Crippen LogP contribution in [0.5, 0.6) is 5.75 Å². The summed E-state index contributed by atoms with van der Waals surface area (Å²) in [4.78, 5) is 45.6. The Bertz CT molecular complexity index is 1400. The molecule has 1 aliphatic carbocycles. The molecule has 1 N–H and O–H groups in total. The van der Waals surface area contributed by atoms with E-state index in [-0.39, 0.29) is 47.6 Å². The van der Waals surface area contributed by atoms with Crippen LogP contribution < -0.4 is 10.1 Å². The summed E-state index contributed by atoms with van der Waals surface area (Å²) in [5.74, 6) is 0.573. The van der Waals surface area contributed by atoms with Crippen molar-refractivity contribution in [2.45, 2.75) is 104 Å². The zero-order valence-corrected chi connectivity index (χ0v) is 26.0. The molecule has 2 bridgehead atoms. The fourth-order valence-electron chi connectivity index (χ4n) is 8.43. The molecule has 0 radical (unpaired) electrons. The number of rotatable bonds is 4. The number of hydrogen-bond donors (Lipinski definition) is 1. The van der Waals surface area contributed by atoms with Gasteiger partial charge < -0.3 is 10.1 Å². The van der Waals surface area contributed by atoms with Crippen LogP contribution in [0.4, 0.5) is 0 Å². The van der Waals surface area contributed by atoms with Crippen molar-refractivity contribution in [3.8, 4) is 5.75 Å². The second-order valence-corrected chi connectivity index (χ2v) is 13.3. The number of aryl methyl sites for hydroxylation is 1. The van der Waals surface area contributed by atoms with Gasteiger partial charge in [0.25, 0.3) is 0 Å². The Labute approximate surface area is 239 Å². The van der Waals surface area contributed by atoms with Crippen LogP contribution in [0.3, 0.4) is 0 Å². The molecule has 0 spiro atoms. The lowest BCUT2D eigenvalue weighted by Crippen LogP contribution is -2.79. The van der Waals surface area contributed by atoms with E-state index in [0.29, 0.717) is 28.7 Å². The van der Waals surface area contributed by atoms with Gasteiger partial charge in [-0.1, -0.05) is 19.9 Å². The molecule has 1 aromatic rings. The molecule has 7 nitrogen and oxygen atoms in total. The van der Waals surface area contributed by atoms with Crippen molar-refractivity contribution in [1.29, 1.82) is 0 Å². The van der Waals surface area contributed by atoms with E-state index in [0.717, 1.165) is 23.3 Å². The second-order valence-electron chi connectivity index (χ2n) is 13.3. The number of nitrogens with zero attached hydrogens (tertiary/aromatic N) is 2. The van der Waals surface area contributed by atoms with Gasteiger partial charge in [-0.3, -0.25) is 24.2 Å². The maximum absolute atomic E-state index is 13.9. The molecule has 1 amide bonds. The number of methoxy groups -OCH3 is 1. The first-order chi connectivity index (χ1) is 18.6. The van der Waals surface area contributed by atoms with E-state index in [9.17, 15) is 14.4 Å². The van der Waals surface area contributed by atoms with Gasteiger partial charge in [0.15, 0.2) is 11.6 Å². The smallest absolute Gasteiger partial charge is 0.222 e. The lowest BCUT2D eigenvalue weighted by atomic mass is 9.60. The minimum absolute atomic E-state index is 0.0361. The van der Waals surface area contributed by atoms with Crippen LogP contribution in [-0.2, 0) is 20.8 Å². The third-order valence-corrected chi connectivity index (χ3v) is 10.8. The molecule has 5 rings (SSSR count). The highest BCUT2D eigenvalue weighted by atomic mass is 16.5. The van der Waals surface area contributed by atoms with Gasteiger partial charge >= 0.3 is 0 Å². The first-order valence-corrected chi connectivity index (χ1v) is 14.6. The summed E-state index contributed by atoms with van der Waals surface area (Å²) in [5, 5.41) is 3.13. The van der Waals surface area contributed by atoms with Gasteiger partial charge in [-0.15, -0.1) is 0 Å². The van der Waals surface area contributed by atoms with E-state index in [1.54, 1.807) is 21.0 Å². The van der Waals surface area contributed by atoms with Gasteiger partial charge in [-0.05, 0) is 90.6 Å². The molecule has 40 heavy (non-hydrogen) atoms. The van der Waals surface area contributed by atoms with E-state index in [1.807, 2.05) is 13.8 Å². The Balaban J connectivity index is 1.77. The number of ether oxygens (including phenoxy) is 1. The van der Waals surface area contributed by atoms with E-state index >= 15 is 0 Å². The molecule has 4 aliphatic rings. The van der Waals surface area contributed by atoms with Crippen molar-refractivity contribution in [3.05, 3.63) is 50.6 Å². The lowest BCUT2D eigenvalue weighted by molar-refractivity contribution is -0.166. The molecule has 1 saturated heterocycles. The number of amides is 1. The third-order valence-electron chi connectivity index (χ3n) is 10.8.